The number of hydrogen-bond donors (Lipinski definition) is 1. The summed E-state index contributed by atoms with van der Waals surface area (Å²) in [6.07, 6.45) is 6.80. The number of hydrogen-bond acceptors (Lipinski definition) is 3. The van der Waals surface area contributed by atoms with Gasteiger partial charge in [0.05, 0.1) is 0 Å². The third-order valence-electron chi connectivity index (χ3n) is 3.57. The van der Waals surface area contributed by atoms with Crippen LogP contribution < -0.4 is 5.73 Å². The third kappa shape index (κ3) is 2.94. The molecule has 0 radical (unpaired) electrons. The maximum atomic E-state index is 11.7. The van der Waals surface area contributed by atoms with Gasteiger partial charge in [-0.05, 0) is 43.9 Å². The lowest BCUT2D eigenvalue weighted by Gasteiger charge is -2.27. The van der Waals surface area contributed by atoms with Gasteiger partial charge in [0.1, 0.15) is 12.1 Å². The Balaban J connectivity index is 1.77. The minimum absolute atomic E-state index is 0.131. The van der Waals surface area contributed by atoms with Crippen LogP contribution in [-0.4, -0.2) is 18.1 Å². The van der Waals surface area contributed by atoms with Gasteiger partial charge in [-0.15, -0.1) is 0 Å². The van der Waals surface area contributed by atoms with Gasteiger partial charge < -0.3 is 10.5 Å². The molecule has 3 atom stereocenters. The number of carbonyl (C=O) groups is 1. The molecule has 3 nitrogen and oxygen atoms in total. The summed E-state index contributed by atoms with van der Waals surface area (Å²) in [6, 6.07) is -0.359. The molecule has 0 heterocycles. The lowest BCUT2D eigenvalue weighted by molar-refractivity contribution is -0.153. The van der Waals surface area contributed by atoms with Crippen molar-refractivity contribution in [2.45, 2.75) is 57.6 Å². The van der Waals surface area contributed by atoms with E-state index < -0.39 is 0 Å². The minimum Gasteiger partial charge on any atom is -0.461 e. The van der Waals surface area contributed by atoms with Crippen LogP contribution in [0, 0.1) is 11.8 Å². The minimum atomic E-state index is -0.359. The quantitative estimate of drug-likeness (QED) is 0.725. The van der Waals surface area contributed by atoms with E-state index in [0.717, 1.165) is 25.7 Å². The first-order chi connectivity index (χ1) is 7.16. The molecule has 0 amide bonds. The van der Waals surface area contributed by atoms with Crippen LogP contribution in [0.15, 0.2) is 0 Å². The smallest absolute Gasteiger partial charge is 0.323 e. The monoisotopic (exact) mass is 211 g/mol. The topological polar surface area (TPSA) is 52.3 Å². The lowest BCUT2D eigenvalue weighted by Crippen LogP contribution is -2.37. The molecule has 2 aliphatic rings. The molecule has 0 aromatic heterocycles. The Kier molecular flexibility index (Phi) is 3.29. The molecule has 0 aliphatic heterocycles. The fourth-order valence-electron chi connectivity index (χ4n) is 2.38. The second-order valence-electron chi connectivity index (χ2n) is 5.19. The fraction of sp³-hybridized carbons (Fsp3) is 0.917. The number of nitrogens with two attached hydrogens (primary N) is 1. The number of carbonyl (C=O) groups excluding carboxylic acids is 1. The van der Waals surface area contributed by atoms with Gasteiger partial charge >= 0.3 is 5.97 Å². The average Bonchev–Trinajstić information content (AvgIpc) is 2.99. The highest BCUT2D eigenvalue weighted by molar-refractivity contribution is 5.76. The van der Waals surface area contributed by atoms with E-state index in [4.69, 9.17) is 10.5 Å². The Bertz CT molecular complexity index is 238. The summed E-state index contributed by atoms with van der Waals surface area (Å²) in [5.74, 6) is 0.920. The van der Waals surface area contributed by atoms with Gasteiger partial charge in [0, 0.05) is 0 Å². The van der Waals surface area contributed by atoms with Crippen LogP contribution in [0.2, 0.25) is 0 Å². The van der Waals surface area contributed by atoms with Crippen molar-refractivity contribution >= 4 is 5.97 Å². The van der Waals surface area contributed by atoms with Crippen LogP contribution in [0.1, 0.15) is 45.4 Å². The lowest BCUT2D eigenvalue weighted by atomic mass is 9.89. The summed E-state index contributed by atoms with van der Waals surface area (Å²) >= 11 is 0. The molecule has 15 heavy (non-hydrogen) atoms. The molecule has 2 rings (SSSR count). The summed E-state index contributed by atoms with van der Waals surface area (Å²) in [7, 11) is 0. The van der Waals surface area contributed by atoms with E-state index in [9.17, 15) is 4.79 Å². The van der Waals surface area contributed by atoms with E-state index in [-0.39, 0.29) is 18.1 Å². The standard InChI is InChI=1S/C12H21NO2/c1-8-3-2-4-10(7-8)15-12(14)11(13)9-5-6-9/h8-11H,2-7,13H2,1H3. The first-order valence-electron chi connectivity index (χ1n) is 6.13. The Hall–Kier alpha value is -0.570. The molecule has 3 unspecified atom stereocenters. The zero-order chi connectivity index (χ0) is 10.8. The van der Waals surface area contributed by atoms with Crippen LogP contribution >= 0.6 is 0 Å². The van der Waals surface area contributed by atoms with Crippen LogP contribution in [0.4, 0.5) is 0 Å². The van der Waals surface area contributed by atoms with Crippen LogP contribution in [-0.2, 0) is 9.53 Å². The number of esters is 1. The summed E-state index contributed by atoms with van der Waals surface area (Å²) in [5.41, 5.74) is 5.80. The molecule has 2 fully saturated rings. The van der Waals surface area contributed by atoms with Gasteiger partial charge in [-0.2, -0.15) is 0 Å². The molecular weight excluding hydrogens is 190 g/mol. The molecule has 0 saturated heterocycles. The molecule has 0 bridgehead atoms. The predicted octanol–water partition coefficient (Wildman–Crippen LogP) is 1.85. The van der Waals surface area contributed by atoms with E-state index in [0.29, 0.717) is 11.8 Å². The highest BCUT2D eigenvalue weighted by Crippen LogP contribution is 2.33. The van der Waals surface area contributed by atoms with Crippen molar-refractivity contribution < 1.29 is 9.53 Å². The van der Waals surface area contributed by atoms with E-state index in [2.05, 4.69) is 6.92 Å². The Morgan fingerprint density at radius 3 is 2.67 bits per heavy atom. The molecule has 86 valence electrons. The van der Waals surface area contributed by atoms with E-state index in [1.807, 2.05) is 0 Å². The molecule has 2 saturated carbocycles. The number of ether oxygens (including phenoxy) is 1. The summed E-state index contributed by atoms with van der Waals surface area (Å²) in [4.78, 5) is 11.7. The average molecular weight is 211 g/mol. The fourth-order valence-corrected chi connectivity index (χ4v) is 2.38. The van der Waals surface area contributed by atoms with Gasteiger partial charge in [0.2, 0.25) is 0 Å². The molecule has 3 heteroatoms. The second kappa shape index (κ2) is 4.52. The largest absolute Gasteiger partial charge is 0.461 e. The summed E-state index contributed by atoms with van der Waals surface area (Å²) < 4.78 is 5.46. The van der Waals surface area contributed by atoms with Crippen molar-refractivity contribution in [2.24, 2.45) is 17.6 Å². The first-order valence-corrected chi connectivity index (χ1v) is 6.13. The zero-order valence-electron chi connectivity index (χ0n) is 9.45. The molecule has 2 aliphatic carbocycles. The molecule has 0 spiro atoms. The van der Waals surface area contributed by atoms with Crippen LogP contribution in [0.25, 0.3) is 0 Å². The highest BCUT2D eigenvalue weighted by Gasteiger charge is 2.35. The number of rotatable bonds is 3. The zero-order valence-corrected chi connectivity index (χ0v) is 9.45. The van der Waals surface area contributed by atoms with Crippen molar-refractivity contribution in [1.82, 2.24) is 0 Å². The summed E-state index contributed by atoms with van der Waals surface area (Å²) in [5, 5.41) is 0. The maximum absolute atomic E-state index is 11.7. The summed E-state index contributed by atoms with van der Waals surface area (Å²) in [6.45, 7) is 2.22. The molecule has 0 aromatic carbocycles. The van der Waals surface area contributed by atoms with Gasteiger partial charge in [0.25, 0.3) is 0 Å². The van der Waals surface area contributed by atoms with Gasteiger partial charge in [-0.25, -0.2) is 0 Å². The van der Waals surface area contributed by atoms with Gasteiger partial charge in [-0.3, -0.25) is 4.79 Å². The van der Waals surface area contributed by atoms with Gasteiger partial charge in [-0.1, -0.05) is 13.3 Å². The van der Waals surface area contributed by atoms with Crippen LogP contribution in [0.5, 0.6) is 0 Å². The van der Waals surface area contributed by atoms with E-state index in [1.165, 1.54) is 12.8 Å². The SMILES string of the molecule is CC1CCCC(OC(=O)C(N)C2CC2)C1. The van der Waals surface area contributed by atoms with Crippen LogP contribution in [0.3, 0.4) is 0 Å². The predicted molar refractivity (Wildman–Crippen MR) is 58.2 cm³/mol. The Labute approximate surface area is 91.4 Å². The van der Waals surface area contributed by atoms with Crippen molar-refractivity contribution in [3.8, 4) is 0 Å². The van der Waals surface area contributed by atoms with Gasteiger partial charge in [0.15, 0.2) is 0 Å². The van der Waals surface area contributed by atoms with Crippen molar-refractivity contribution in [1.29, 1.82) is 0 Å². The molecular formula is C12H21NO2. The second-order valence-corrected chi connectivity index (χ2v) is 5.19. The highest BCUT2D eigenvalue weighted by atomic mass is 16.5. The third-order valence-corrected chi connectivity index (χ3v) is 3.57. The van der Waals surface area contributed by atoms with E-state index in [1.54, 1.807) is 0 Å². The normalized spacial score (nSPS) is 33.5. The van der Waals surface area contributed by atoms with Crippen molar-refractivity contribution in [3.63, 3.8) is 0 Å². The van der Waals surface area contributed by atoms with Crippen molar-refractivity contribution in [2.75, 3.05) is 0 Å². The first kappa shape index (κ1) is 10.9. The van der Waals surface area contributed by atoms with E-state index >= 15 is 0 Å². The Morgan fingerprint density at radius 2 is 2.07 bits per heavy atom. The maximum Gasteiger partial charge on any atom is 0.323 e. The molecule has 2 N–H and O–H groups in total. The Morgan fingerprint density at radius 1 is 1.33 bits per heavy atom. The van der Waals surface area contributed by atoms with Crippen molar-refractivity contribution in [3.05, 3.63) is 0 Å². The molecule has 0 aromatic rings.